The summed E-state index contributed by atoms with van der Waals surface area (Å²) >= 11 is 0. The van der Waals surface area contributed by atoms with E-state index in [-0.39, 0.29) is 0 Å². The molecule has 0 aliphatic heterocycles. The summed E-state index contributed by atoms with van der Waals surface area (Å²) in [4.78, 5) is 20.8. The van der Waals surface area contributed by atoms with E-state index in [4.69, 9.17) is 0 Å². The standard InChI is InChI=1S/C8H12BO2/c10-6-9-5-7-1-3-8(11)4-2-7/h6-7H,1-5H2. The Morgan fingerprint density at radius 1 is 1.45 bits per heavy atom. The van der Waals surface area contributed by atoms with E-state index in [0.29, 0.717) is 11.7 Å². The van der Waals surface area contributed by atoms with Crippen molar-refractivity contribution in [3.05, 3.63) is 0 Å². The Morgan fingerprint density at radius 3 is 2.64 bits per heavy atom. The van der Waals surface area contributed by atoms with Crippen molar-refractivity contribution in [3.63, 3.8) is 0 Å². The van der Waals surface area contributed by atoms with E-state index in [0.717, 1.165) is 38.2 Å². The van der Waals surface area contributed by atoms with Crippen molar-refractivity contribution < 1.29 is 9.59 Å². The topological polar surface area (TPSA) is 34.1 Å². The first kappa shape index (κ1) is 8.50. The molecular formula is C8H12BO2. The van der Waals surface area contributed by atoms with Gasteiger partial charge in [0.25, 0.3) is 0 Å². The summed E-state index contributed by atoms with van der Waals surface area (Å²) in [6.07, 6.45) is 5.09. The smallest absolute Gasteiger partial charge is 0.197 e. The Kier molecular flexibility index (Phi) is 3.34. The monoisotopic (exact) mass is 151 g/mol. The number of ketones is 1. The lowest BCUT2D eigenvalue weighted by molar-refractivity contribution is -0.120. The van der Waals surface area contributed by atoms with E-state index < -0.39 is 0 Å². The molecular weight excluding hydrogens is 139 g/mol. The molecule has 0 saturated heterocycles. The molecule has 0 aromatic carbocycles. The van der Waals surface area contributed by atoms with Crippen molar-refractivity contribution >= 4 is 19.2 Å². The van der Waals surface area contributed by atoms with Crippen LogP contribution in [-0.2, 0) is 9.59 Å². The largest absolute Gasteiger partial charge is 0.316 e. The van der Waals surface area contributed by atoms with E-state index >= 15 is 0 Å². The molecule has 0 bridgehead atoms. The first-order valence-electron chi connectivity index (χ1n) is 4.11. The Morgan fingerprint density at radius 2 is 2.09 bits per heavy atom. The molecule has 0 spiro atoms. The first-order chi connectivity index (χ1) is 5.33. The molecule has 2 nitrogen and oxygen atoms in total. The molecule has 0 unspecified atom stereocenters. The van der Waals surface area contributed by atoms with Crippen LogP contribution >= 0.6 is 0 Å². The summed E-state index contributed by atoms with van der Waals surface area (Å²) in [5, 5.41) is 0. The van der Waals surface area contributed by atoms with Gasteiger partial charge in [0.2, 0.25) is 0 Å². The first-order valence-corrected chi connectivity index (χ1v) is 4.11. The highest BCUT2D eigenvalue weighted by molar-refractivity contribution is 6.66. The van der Waals surface area contributed by atoms with Gasteiger partial charge in [-0.05, 0) is 18.8 Å². The highest BCUT2D eigenvalue weighted by Gasteiger charge is 2.17. The molecule has 0 aromatic rings. The molecule has 1 aliphatic carbocycles. The fraction of sp³-hybridized carbons (Fsp3) is 0.750. The number of hydrogen-bond donors (Lipinski definition) is 0. The second-order valence-corrected chi connectivity index (χ2v) is 3.09. The molecule has 1 saturated carbocycles. The van der Waals surface area contributed by atoms with Gasteiger partial charge >= 0.3 is 0 Å². The van der Waals surface area contributed by atoms with Crippen molar-refractivity contribution in [1.82, 2.24) is 0 Å². The molecule has 0 N–H and O–H groups in total. The molecule has 11 heavy (non-hydrogen) atoms. The molecule has 1 aliphatic rings. The lowest BCUT2D eigenvalue weighted by Crippen LogP contribution is -2.15. The Balaban J connectivity index is 2.16. The third kappa shape index (κ3) is 2.87. The van der Waals surface area contributed by atoms with Crippen LogP contribution in [0.15, 0.2) is 0 Å². The van der Waals surface area contributed by atoms with E-state index in [2.05, 4.69) is 0 Å². The van der Waals surface area contributed by atoms with Crippen molar-refractivity contribution in [2.45, 2.75) is 32.0 Å². The quantitative estimate of drug-likeness (QED) is 0.446. The van der Waals surface area contributed by atoms with Gasteiger partial charge in [0.1, 0.15) is 5.78 Å². The van der Waals surface area contributed by atoms with E-state index in [1.807, 2.05) is 0 Å². The molecule has 1 radical (unpaired) electrons. The van der Waals surface area contributed by atoms with Gasteiger partial charge in [-0.1, -0.05) is 6.32 Å². The maximum atomic E-state index is 10.8. The minimum atomic E-state index is 0.382. The number of rotatable bonds is 3. The molecule has 0 aromatic heterocycles. The number of hydrogen-bond acceptors (Lipinski definition) is 2. The number of carbonyl (C=O) groups is 2. The van der Waals surface area contributed by atoms with Crippen LogP contribution in [0.3, 0.4) is 0 Å². The third-order valence-electron chi connectivity index (χ3n) is 2.23. The summed E-state index contributed by atoms with van der Waals surface area (Å²) in [6.45, 7) is 0. The molecule has 59 valence electrons. The molecule has 0 atom stereocenters. The summed E-state index contributed by atoms with van der Waals surface area (Å²) in [5.41, 5.74) is 0. The molecule has 0 amide bonds. The Hall–Kier alpha value is -0.595. The SMILES string of the molecule is O=C[B]CC1CCC(=O)CC1. The maximum absolute atomic E-state index is 10.8. The molecule has 1 fully saturated rings. The van der Waals surface area contributed by atoms with Gasteiger partial charge in [0.15, 0.2) is 7.28 Å². The van der Waals surface area contributed by atoms with Crippen LogP contribution in [0.2, 0.25) is 6.32 Å². The van der Waals surface area contributed by atoms with Gasteiger partial charge in [-0.25, -0.2) is 0 Å². The second-order valence-electron chi connectivity index (χ2n) is 3.09. The van der Waals surface area contributed by atoms with Gasteiger partial charge in [0.05, 0.1) is 6.19 Å². The fourth-order valence-corrected chi connectivity index (χ4v) is 1.48. The van der Waals surface area contributed by atoms with Gasteiger partial charge < -0.3 is 4.79 Å². The summed E-state index contributed by atoms with van der Waals surface area (Å²) in [6, 6.07) is 0. The van der Waals surface area contributed by atoms with Crippen LogP contribution in [0, 0.1) is 5.92 Å². The normalized spacial score (nSPS) is 19.8. The zero-order valence-electron chi connectivity index (χ0n) is 6.58. The number of Topliss-reactive ketones (excluding diaryl/α,β-unsaturated/α-hetero) is 1. The number of carbonyl (C=O) groups excluding carboxylic acids is 2. The van der Waals surface area contributed by atoms with E-state index in [1.54, 1.807) is 7.28 Å². The summed E-state index contributed by atoms with van der Waals surface area (Å²) in [5.74, 6) is 0.963. The second kappa shape index (κ2) is 4.32. The summed E-state index contributed by atoms with van der Waals surface area (Å²) < 4.78 is 0. The van der Waals surface area contributed by atoms with Crippen LogP contribution in [-0.4, -0.2) is 19.2 Å². The maximum Gasteiger partial charge on any atom is 0.197 e. The van der Waals surface area contributed by atoms with Gasteiger partial charge in [0, 0.05) is 12.8 Å². The Labute approximate surface area is 67.6 Å². The van der Waals surface area contributed by atoms with Crippen LogP contribution < -0.4 is 0 Å². The third-order valence-corrected chi connectivity index (χ3v) is 2.23. The summed E-state index contributed by atoms with van der Waals surface area (Å²) in [7, 11) is 1.65. The minimum absolute atomic E-state index is 0.382. The van der Waals surface area contributed by atoms with E-state index in [9.17, 15) is 9.59 Å². The average molecular weight is 151 g/mol. The lowest BCUT2D eigenvalue weighted by atomic mass is 9.68. The predicted molar refractivity (Wildman–Crippen MR) is 44.3 cm³/mol. The van der Waals surface area contributed by atoms with Crippen LogP contribution in [0.1, 0.15) is 25.7 Å². The van der Waals surface area contributed by atoms with Crippen molar-refractivity contribution in [2.24, 2.45) is 5.92 Å². The highest BCUT2D eigenvalue weighted by Crippen LogP contribution is 2.23. The van der Waals surface area contributed by atoms with E-state index in [1.165, 1.54) is 0 Å². The Bertz CT molecular complexity index is 143. The van der Waals surface area contributed by atoms with Gasteiger partial charge in [-0.2, -0.15) is 0 Å². The predicted octanol–water partition coefficient (Wildman–Crippen LogP) is 1.06. The molecule has 0 heterocycles. The van der Waals surface area contributed by atoms with Gasteiger partial charge in [-0.3, -0.25) is 4.79 Å². The minimum Gasteiger partial charge on any atom is -0.316 e. The fourth-order valence-electron chi connectivity index (χ4n) is 1.48. The molecule has 3 heteroatoms. The van der Waals surface area contributed by atoms with Crippen LogP contribution in [0.5, 0.6) is 0 Å². The van der Waals surface area contributed by atoms with Gasteiger partial charge in [-0.15, -0.1) is 0 Å². The zero-order chi connectivity index (χ0) is 8.10. The molecule has 1 rings (SSSR count). The average Bonchev–Trinajstić information content (AvgIpc) is 2.04. The highest BCUT2D eigenvalue weighted by atomic mass is 16.1. The van der Waals surface area contributed by atoms with Crippen molar-refractivity contribution in [3.8, 4) is 0 Å². The zero-order valence-corrected chi connectivity index (χ0v) is 6.58. The van der Waals surface area contributed by atoms with Crippen molar-refractivity contribution in [1.29, 1.82) is 0 Å². The lowest BCUT2D eigenvalue weighted by Gasteiger charge is -2.19. The van der Waals surface area contributed by atoms with Crippen LogP contribution in [0.4, 0.5) is 0 Å². The van der Waals surface area contributed by atoms with Crippen molar-refractivity contribution in [2.75, 3.05) is 0 Å². The van der Waals surface area contributed by atoms with Crippen LogP contribution in [0.25, 0.3) is 0 Å².